The zero-order chi connectivity index (χ0) is 41.7. The molecule has 0 aromatic heterocycles. The van der Waals surface area contributed by atoms with Crippen LogP contribution in [-0.2, 0) is 63.8 Å². The summed E-state index contributed by atoms with van der Waals surface area (Å²) in [5, 5.41) is 62.9. The summed E-state index contributed by atoms with van der Waals surface area (Å²) in [5.41, 5.74) is -4.70. The van der Waals surface area contributed by atoms with Gasteiger partial charge in [0.05, 0.1) is 0 Å². The van der Waals surface area contributed by atoms with Gasteiger partial charge in [0.1, 0.15) is 17.9 Å². The molecule has 0 rings (SSSR count). The Bertz CT molecular complexity index is 1110. The van der Waals surface area contributed by atoms with Crippen LogP contribution in [0.3, 0.4) is 0 Å². The molecule has 52 heavy (non-hydrogen) atoms. The van der Waals surface area contributed by atoms with Gasteiger partial charge in [-0.3, -0.25) is 0 Å². The van der Waals surface area contributed by atoms with E-state index in [1.54, 1.807) is 20.8 Å². The van der Waals surface area contributed by atoms with Gasteiger partial charge in [-0.2, -0.15) is 0 Å². The molecular weight excluding hydrogens is 774 g/mol. The van der Waals surface area contributed by atoms with E-state index in [9.17, 15) is 59.4 Å². The van der Waals surface area contributed by atoms with Crippen LogP contribution in [0.2, 0.25) is 0 Å². The third kappa shape index (κ3) is 29.0. The zero-order valence-electron chi connectivity index (χ0n) is 29.0. The van der Waals surface area contributed by atoms with Crippen LogP contribution >= 0.6 is 0 Å². The first-order valence-corrected chi connectivity index (χ1v) is 15.0. The van der Waals surface area contributed by atoms with Gasteiger partial charge in [-0.15, -0.1) is 0 Å². The molecule has 0 spiro atoms. The maximum Gasteiger partial charge on any atom is 0 e. The standard InChI is InChI=1S/3C10H15NO4.3CO.Mo/c3*1-3-6-10(11-2,9(14)15)7-4-5-8(12)13;3*1-2;/h3*3-7H2,1H3,(H,12,13)(H,14,15);;;;/p-6. The number of carboxylic acids is 6. The fourth-order valence-electron chi connectivity index (χ4n) is 4.28. The molecule has 19 heteroatoms. The molecule has 0 aliphatic rings. The molecule has 0 radical (unpaired) electrons. The molecular formula is C33H39MoN3O15-6. The fourth-order valence-corrected chi connectivity index (χ4v) is 4.28. The Balaban J connectivity index is -0.000000108. The van der Waals surface area contributed by atoms with Crippen molar-refractivity contribution in [2.24, 2.45) is 0 Å². The van der Waals surface area contributed by atoms with E-state index < -0.39 is 52.4 Å². The molecule has 0 N–H and O–H groups in total. The van der Waals surface area contributed by atoms with Gasteiger partial charge in [0, 0.05) is 77.5 Å². The van der Waals surface area contributed by atoms with Crippen molar-refractivity contribution in [2.75, 3.05) is 0 Å². The second kappa shape index (κ2) is 39.0. The first-order chi connectivity index (χ1) is 23.9. The van der Waals surface area contributed by atoms with E-state index in [0.717, 1.165) is 0 Å². The second-order valence-corrected chi connectivity index (χ2v) is 10.2. The van der Waals surface area contributed by atoms with Crippen LogP contribution in [0.4, 0.5) is 0 Å². The quantitative estimate of drug-likeness (QED) is 0.0646. The zero-order valence-corrected chi connectivity index (χ0v) is 31.0. The summed E-state index contributed by atoms with van der Waals surface area (Å²) in [6, 6.07) is 0. The van der Waals surface area contributed by atoms with Crippen LogP contribution in [0.15, 0.2) is 0 Å². The molecule has 288 valence electrons. The van der Waals surface area contributed by atoms with E-state index in [1.807, 2.05) is 0 Å². The van der Waals surface area contributed by atoms with Crippen LogP contribution in [-0.4, -0.2) is 52.4 Å². The summed E-state index contributed by atoms with van der Waals surface area (Å²) in [5.74, 6) is -7.95. The van der Waals surface area contributed by atoms with E-state index in [4.69, 9.17) is 33.7 Å². The number of hydrogen-bond acceptors (Lipinski definition) is 12. The van der Waals surface area contributed by atoms with E-state index in [-0.39, 0.29) is 98.1 Å². The summed E-state index contributed by atoms with van der Waals surface area (Å²) in [4.78, 5) is 72.2. The van der Waals surface area contributed by atoms with Gasteiger partial charge in [0.25, 0.3) is 16.6 Å². The minimum atomic E-state index is -1.57. The SMILES string of the molecule is [C-]#[N+]C(CCC)(CCCC(=O)[O-])C(=O)[O-].[C-]#[N+]C(CCC)(CCCC(=O)[O-])C(=O)[O-].[C-]#[N+]C(CCC)(CCCC(=O)[O-])C(=O)[O-].[C-]#[O+].[C-]#[O+].[C-]#[O+].[Mo]. The Morgan fingerprint density at radius 1 is 0.442 bits per heavy atom. The molecule has 0 fully saturated rings. The average Bonchev–Trinajstić information content (AvgIpc) is 3.09. The molecule has 0 aliphatic heterocycles. The Morgan fingerprint density at radius 3 is 0.712 bits per heavy atom. The minimum absolute atomic E-state index is 0. The number of nitrogens with zero attached hydrogens (tertiary/aromatic N) is 3. The number of rotatable bonds is 21. The van der Waals surface area contributed by atoms with Crippen molar-refractivity contribution < 1.29 is 94.4 Å². The van der Waals surface area contributed by atoms with Crippen LogP contribution in [0, 0.1) is 39.7 Å². The predicted octanol–water partition coefficient (Wildman–Crippen LogP) is -2.77. The van der Waals surface area contributed by atoms with Crippen LogP contribution in [0.5, 0.6) is 0 Å². The van der Waals surface area contributed by atoms with Gasteiger partial charge >= 0.3 is 33.9 Å². The van der Waals surface area contributed by atoms with Crippen molar-refractivity contribution in [3.8, 4) is 0 Å². The molecule has 0 saturated heterocycles. The molecule has 0 bridgehead atoms. The van der Waals surface area contributed by atoms with Gasteiger partial charge in [0.15, 0.2) is 0 Å². The van der Waals surface area contributed by atoms with Gasteiger partial charge in [-0.25, -0.2) is 19.7 Å². The summed E-state index contributed by atoms with van der Waals surface area (Å²) in [7, 11) is 0. The molecule has 0 aromatic rings. The van der Waals surface area contributed by atoms with Gasteiger partial charge in [-0.1, -0.05) is 20.8 Å². The molecule has 0 amide bonds. The number of hydrogen-bond donors (Lipinski definition) is 0. The first kappa shape index (κ1) is 62.3. The molecule has 0 aliphatic carbocycles. The maximum atomic E-state index is 10.8. The first-order valence-electron chi connectivity index (χ1n) is 15.0. The van der Waals surface area contributed by atoms with Crippen molar-refractivity contribution in [1.82, 2.24) is 0 Å². The monoisotopic (exact) mass is 815 g/mol. The van der Waals surface area contributed by atoms with Crippen LogP contribution in [0.25, 0.3) is 14.5 Å². The van der Waals surface area contributed by atoms with E-state index in [0.29, 0.717) is 19.3 Å². The van der Waals surface area contributed by atoms with Gasteiger partial charge in [0.2, 0.25) is 0 Å². The summed E-state index contributed by atoms with van der Waals surface area (Å²) in [6.07, 6.45) is 1.88. The Hall–Kier alpha value is -4.80. The summed E-state index contributed by atoms with van der Waals surface area (Å²) in [6.45, 7) is 39.4. The van der Waals surface area contributed by atoms with Crippen molar-refractivity contribution in [2.45, 2.75) is 134 Å². The largest absolute Gasteiger partial charge is 0 e. The number of carboxylic acid groups (broad SMARTS) is 6. The molecule has 18 nitrogen and oxygen atoms in total. The fraction of sp³-hybridized carbons (Fsp3) is 0.636. The molecule has 3 unspecified atom stereocenters. The normalized spacial score (nSPS) is 12.1. The van der Waals surface area contributed by atoms with Gasteiger partial charge < -0.3 is 73.9 Å². The van der Waals surface area contributed by atoms with Gasteiger partial charge in [-0.05, 0) is 57.8 Å². The van der Waals surface area contributed by atoms with E-state index in [1.165, 1.54) is 0 Å². The number of aliphatic carboxylic acids is 6. The van der Waals surface area contributed by atoms with Crippen molar-refractivity contribution >= 4 is 35.8 Å². The smallest absolute Gasteiger partial charge is 0 e. The Morgan fingerprint density at radius 2 is 0.615 bits per heavy atom. The molecule has 0 saturated carbocycles. The molecule has 0 aromatic carbocycles. The Labute approximate surface area is 317 Å². The molecule has 3 atom stereocenters. The van der Waals surface area contributed by atoms with E-state index >= 15 is 0 Å². The third-order valence-electron chi connectivity index (χ3n) is 6.69. The number of carbonyl (C=O) groups excluding carboxylic acids is 6. The minimum Gasteiger partial charge on any atom is 0 e. The molecule has 0 heterocycles. The second-order valence-electron chi connectivity index (χ2n) is 10.2. The predicted molar refractivity (Wildman–Crippen MR) is 156 cm³/mol. The topological polar surface area (TPSA) is 314 Å². The van der Waals surface area contributed by atoms with E-state index in [2.05, 4.69) is 34.5 Å². The summed E-state index contributed by atoms with van der Waals surface area (Å²) < 4.78 is 22.5. The Kier molecular flexibility index (Phi) is 46.7. The average molecular weight is 814 g/mol. The maximum absolute atomic E-state index is 10.8. The van der Waals surface area contributed by atoms with Crippen molar-refractivity contribution in [3.63, 3.8) is 0 Å². The van der Waals surface area contributed by atoms with Crippen LogP contribution in [0.1, 0.15) is 117 Å². The summed E-state index contributed by atoms with van der Waals surface area (Å²) >= 11 is 0. The third-order valence-corrected chi connectivity index (χ3v) is 6.69. The van der Waals surface area contributed by atoms with Crippen molar-refractivity contribution in [3.05, 3.63) is 54.2 Å². The van der Waals surface area contributed by atoms with Crippen LogP contribution < -0.4 is 30.6 Å². The van der Waals surface area contributed by atoms with Crippen molar-refractivity contribution in [1.29, 1.82) is 0 Å². The number of carbonyl (C=O) groups is 6.